The fourth-order valence-electron chi connectivity index (χ4n) is 3.35. The number of hydrogen-bond donors (Lipinski definition) is 1. The Morgan fingerprint density at radius 1 is 1.22 bits per heavy atom. The molecule has 27 heavy (non-hydrogen) atoms. The van der Waals surface area contributed by atoms with Gasteiger partial charge >= 0.3 is 0 Å². The summed E-state index contributed by atoms with van der Waals surface area (Å²) in [6.07, 6.45) is 1.17. The van der Waals surface area contributed by atoms with Gasteiger partial charge in [-0.1, -0.05) is 24.3 Å². The number of benzene rings is 2. The zero-order valence-electron chi connectivity index (χ0n) is 15.3. The van der Waals surface area contributed by atoms with Crippen molar-refractivity contribution >= 4 is 17.4 Å². The molecular weight excluding hydrogens is 346 g/mol. The minimum absolute atomic E-state index is 0.245. The van der Waals surface area contributed by atoms with Crippen LogP contribution in [-0.4, -0.2) is 37.6 Å². The Hall–Kier alpha value is -3.12. The molecule has 0 saturated carbocycles. The zero-order chi connectivity index (χ0) is 19.6. The summed E-state index contributed by atoms with van der Waals surface area (Å²) >= 11 is 0. The fourth-order valence-corrected chi connectivity index (χ4v) is 3.35. The summed E-state index contributed by atoms with van der Waals surface area (Å²) in [5, 5.41) is 11.2. The highest BCUT2D eigenvalue weighted by molar-refractivity contribution is 6.11. The van der Waals surface area contributed by atoms with Crippen LogP contribution in [0, 0.1) is 0 Å². The minimum Gasteiger partial charge on any atom is -0.497 e. The summed E-state index contributed by atoms with van der Waals surface area (Å²) < 4.78 is 10.4. The first-order chi connectivity index (χ1) is 13.0. The number of aliphatic hydroxyl groups is 1. The number of nitrogens with zero attached hydrogens (tertiary/aromatic N) is 1. The number of ketones is 1. The van der Waals surface area contributed by atoms with E-state index in [4.69, 9.17) is 9.47 Å². The van der Waals surface area contributed by atoms with E-state index in [0.717, 1.165) is 0 Å². The smallest absolute Gasteiger partial charge is 0.264 e. The maximum Gasteiger partial charge on any atom is 0.264 e. The molecule has 0 aliphatic carbocycles. The Balaban J connectivity index is 2.01. The maximum absolute atomic E-state index is 13.0. The molecule has 0 spiro atoms. The van der Waals surface area contributed by atoms with Gasteiger partial charge in [0.05, 0.1) is 31.9 Å². The lowest BCUT2D eigenvalue weighted by atomic mass is 9.88. The number of anilines is 1. The molecule has 0 aromatic heterocycles. The van der Waals surface area contributed by atoms with Crippen LogP contribution in [0.3, 0.4) is 0 Å². The summed E-state index contributed by atoms with van der Waals surface area (Å²) in [5.74, 6) is -0.126. The Morgan fingerprint density at radius 2 is 1.96 bits per heavy atom. The molecule has 3 rings (SSSR count). The highest BCUT2D eigenvalue weighted by Crippen LogP contribution is 2.43. The molecule has 140 valence electrons. The lowest BCUT2D eigenvalue weighted by molar-refractivity contribution is -0.135. The van der Waals surface area contributed by atoms with Gasteiger partial charge in [0, 0.05) is 12.1 Å². The van der Waals surface area contributed by atoms with E-state index < -0.39 is 23.7 Å². The van der Waals surface area contributed by atoms with Gasteiger partial charge in [-0.15, -0.1) is 6.58 Å². The average molecular weight is 367 g/mol. The van der Waals surface area contributed by atoms with E-state index in [-0.39, 0.29) is 12.1 Å². The summed E-state index contributed by atoms with van der Waals surface area (Å²) in [6.45, 7) is 3.90. The number of para-hydroxylation sites is 1. The molecule has 0 fully saturated rings. The molecule has 6 heteroatoms. The van der Waals surface area contributed by atoms with Crippen molar-refractivity contribution in [3.63, 3.8) is 0 Å². The molecule has 1 aliphatic rings. The maximum atomic E-state index is 13.0. The predicted molar refractivity (Wildman–Crippen MR) is 101 cm³/mol. The standard InChI is InChI=1S/C21H21NO5/c1-4-11-22-17-8-6-5-7-16(17)21(25,20(22)24)13-18(23)15-12-14(26-2)9-10-19(15)27-3/h4-10,12,25H,1,11,13H2,2-3H3/t21-/m1/s1. The average Bonchev–Trinajstić information content (AvgIpc) is 2.90. The van der Waals surface area contributed by atoms with Crippen LogP contribution in [0.15, 0.2) is 55.1 Å². The Kier molecular flexibility index (Phi) is 5.01. The number of rotatable bonds is 7. The van der Waals surface area contributed by atoms with Gasteiger partial charge in [-0.2, -0.15) is 0 Å². The van der Waals surface area contributed by atoms with Crippen molar-refractivity contribution in [3.05, 3.63) is 66.2 Å². The van der Waals surface area contributed by atoms with Gasteiger partial charge < -0.3 is 19.5 Å². The van der Waals surface area contributed by atoms with Gasteiger partial charge in [0.15, 0.2) is 11.4 Å². The molecule has 6 nitrogen and oxygen atoms in total. The van der Waals surface area contributed by atoms with Crippen LogP contribution < -0.4 is 14.4 Å². The minimum atomic E-state index is -1.94. The number of carbonyl (C=O) groups is 2. The third-order valence-corrected chi connectivity index (χ3v) is 4.67. The highest BCUT2D eigenvalue weighted by Gasteiger charge is 2.50. The SMILES string of the molecule is C=CCN1C(=O)[C@@](O)(CC(=O)c2cc(OC)ccc2OC)c2ccccc21. The monoisotopic (exact) mass is 367 g/mol. The molecular formula is C21H21NO5. The van der Waals surface area contributed by atoms with Crippen LogP contribution >= 0.6 is 0 Å². The lowest BCUT2D eigenvalue weighted by Crippen LogP contribution is -2.42. The van der Waals surface area contributed by atoms with Gasteiger partial charge in [0.2, 0.25) is 0 Å². The predicted octanol–water partition coefficient (Wildman–Crippen LogP) is 2.70. The fraction of sp³-hybridized carbons (Fsp3) is 0.238. The van der Waals surface area contributed by atoms with Crippen LogP contribution in [-0.2, 0) is 10.4 Å². The van der Waals surface area contributed by atoms with E-state index in [9.17, 15) is 14.7 Å². The Morgan fingerprint density at radius 3 is 2.63 bits per heavy atom. The van der Waals surface area contributed by atoms with Gasteiger partial charge in [-0.25, -0.2) is 0 Å². The number of amides is 1. The first-order valence-corrected chi connectivity index (χ1v) is 8.46. The number of hydrogen-bond acceptors (Lipinski definition) is 5. The largest absolute Gasteiger partial charge is 0.497 e. The first kappa shape index (κ1) is 18.7. The Labute approximate surface area is 157 Å². The van der Waals surface area contributed by atoms with Crippen molar-refractivity contribution in [2.75, 3.05) is 25.7 Å². The molecule has 2 aromatic rings. The topological polar surface area (TPSA) is 76.1 Å². The third-order valence-electron chi connectivity index (χ3n) is 4.67. The van der Waals surface area contributed by atoms with E-state index in [2.05, 4.69) is 6.58 Å². The van der Waals surface area contributed by atoms with Crippen molar-refractivity contribution in [2.24, 2.45) is 0 Å². The van der Waals surface area contributed by atoms with E-state index in [1.807, 2.05) is 0 Å². The molecule has 1 N–H and O–H groups in total. The van der Waals surface area contributed by atoms with E-state index in [1.165, 1.54) is 25.2 Å². The number of ether oxygens (including phenoxy) is 2. The van der Waals surface area contributed by atoms with E-state index in [1.54, 1.807) is 42.5 Å². The van der Waals surface area contributed by atoms with Crippen LogP contribution in [0.1, 0.15) is 22.3 Å². The van der Waals surface area contributed by atoms with E-state index in [0.29, 0.717) is 22.7 Å². The number of fused-ring (bicyclic) bond motifs is 1. The third kappa shape index (κ3) is 3.08. The summed E-state index contributed by atoms with van der Waals surface area (Å²) in [5.41, 5.74) is -0.704. The van der Waals surface area contributed by atoms with Crippen LogP contribution in [0.5, 0.6) is 11.5 Å². The van der Waals surface area contributed by atoms with Gasteiger partial charge in [0.1, 0.15) is 11.5 Å². The van der Waals surface area contributed by atoms with Crippen molar-refractivity contribution in [1.29, 1.82) is 0 Å². The molecule has 0 radical (unpaired) electrons. The number of carbonyl (C=O) groups excluding carboxylic acids is 2. The number of methoxy groups -OCH3 is 2. The van der Waals surface area contributed by atoms with Crippen molar-refractivity contribution < 1.29 is 24.2 Å². The molecule has 1 atom stereocenters. The summed E-state index contributed by atoms with van der Waals surface area (Å²) in [7, 11) is 2.95. The second-order valence-electron chi connectivity index (χ2n) is 6.25. The normalized spacial score (nSPS) is 18.2. The lowest BCUT2D eigenvalue weighted by Gasteiger charge is -2.22. The van der Waals surface area contributed by atoms with Crippen molar-refractivity contribution in [1.82, 2.24) is 0 Å². The van der Waals surface area contributed by atoms with Crippen molar-refractivity contribution in [2.45, 2.75) is 12.0 Å². The molecule has 1 amide bonds. The Bertz CT molecular complexity index is 907. The molecule has 1 aliphatic heterocycles. The summed E-state index contributed by atoms with van der Waals surface area (Å²) in [6, 6.07) is 11.7. The molecule has 1 heterocycles. The van der Waals surface area contributed by atoms with Gasteiger partial charge in [-0.3, -0.25) is 9.59 Å². The molecule has 0 saturated heterocycles. The first-order valence-electron chi connectivity index (χ1n) is 8.46. The van der Waals surface area contributed by atoms with Crippen molar-refractivity contribution in [3.8, 4) is 11.5 Å². The van der Waals surface area contributed by atoms with Crippen LogP contribution in [0.4, 0.5) is 5.69 Å². The molecule has 0 unspecified atom stereocenters. The summed E-state index contributed by atoms with van der Waals surface area (Å²) in [4.78, 5) is 27.4. The van der Waals surface area contributed by atoms with Gasteiger partial charge in [0.25, 0.3) is 5.91 Å². The molecule has 0 bridgehead atoms. The van der Waals surface area contributed by atoms with Crippen LogP contribution in [0.25, 0.3) is 0 Å². The quantitative estimate of drug-likeness (QED) is 0.601. The second-order valence-corrected chi connectivity index (χ2v) is 6.25. The van der Waals surface area contributed by atoms with Crippen LogP contribution in [0.2, 0.25) is 0 Å². The van der Waals surface area contributed by atoms with E-state index >= 15 is 0 Å². The molecule has 2 aromatic carbocycles. The zero-order valence-corrected chi connectivity index (χ0v) is 15.3. The number of Topliss-reactive ketones (excluding diaryl/α,β-unsaturated/α-hetero) is 1. The second kappa shape index (κ2) is 7.25. The highest BCUT2D eigenvalue weighted by atomic mass is 16.5. The van der Waals surface area contributed by atoms with Gasteiger partial charge in [-0.05, 0) is 24.3 Å².